The van der Waals surface area contributed by atoms with Crippen molar-refractivity contribution in [3.8, 4) is 0 Å². The predicted molar refractivity (Wildman–Crippen MR) is 83.6 cm³/mol. The molecule has 1 aliphatic rings. The number of ether oxygens (including phenoxy) is 1. The molecule has 0 amide bonds. The molecule has 2 aromatic rings. The van der Waals surface area contributed by atoms with Crippen LogP contribution in [0.3, 0.4) is 0 Å². The molecule has 3 rings (SSSR count). The van der Waals surface area contributed by atoms with Gasteiger partial charge in [-0.1, -0.05) is 36.4 Å². The SMILES string of the molecule is CCOC(=O)c1ccc(C2CCCc3ccccc32)cc1. The summed E-state index contributed by atoms with van der Waals surface area (Å²) in [5.74, 6) is 0.208. The van der Waals surface area contributed by atoms with Gasteiger partial charge in [-0.05, 0) is 55.0 Å². The Hall–Kier alpha value is -2.09. The van der Waals surface area contributed by atoms with Crippen molar-refractivity contribution < 1.29 is 9.53 Å². The van der Waals surface area contributed by atoms with Crippen LogP contribution in [0.15, 0.2) is 48.5 Å². The maximum atomic E-state index is 11.7. The monoisotopic (exact) mass is 280 g/mol. The second-order valence-corrected chi connectivity index (χ2v) is 5.49. The third kappa shape index (κ3) is 2.85. The van der Waals surface area contributed by atoms with Crippen molar-refractivity contribution in [3.05, 3.63) is 70.8 Å². The lowest BCUT2D eigenvalue weighted by molar-refractivity contribution is 0.0526. The van der Waals surface area contributed by atoms with Crippen LogP contribution in [0.2, 0.25) is 0 Å². The zero-order valence-electron chi connectivity index (χ0n) is 12.3. The molecule has 108 valence electrons. The minimum Gasteiger partial charge on any atom is -0.462 e. The fourth-order valence-corrected chi connectivity index (χ4v) is 3.17. The van der Waals surface area contributed by atoms with Crippen LogP contribution in [-0.2, 0) is 11.2 Å². The predicted octanol–water partition coefficient (Wildman–Crippen LogP) is 4.33. The highest BCUT2D eigenvalue weighted by Crippen LogP contribution is 2.36. The lowest BCUT2D eigenvalue weighted by atomic mass is 9.79. The molecular weight excluding hydrogens is 260 g/mol. The van der Waals surface area contributed by atoms with Gasteiger partial charge in [0.15, 0.2) is 0 Å². The number of aryl methyl sites for hydroxylation is 1. The van der Waals surface area contributed by atoms with Crippen LogP contribution in [0, 0.1) is 0 Å². The summed E-state index contributed by atoms with van der Waals surface area (Å²) in [5.41, 5.74) is 4.82. The van der Waals surface area contributed by atoms with Crippen molar-refractivity contribution in [1.29, 1.82) is 0 Å². The first-order valence-corrected chi connectivity index (χ1v) is 7.64. The number of fused-ring (bicyclic) bond motifs is 1. The first kappa shape index (κ1) is 13.9. The molecule has 2 nitrogen and oxygen atoms in total. The normalized spacial score (nSPS) is 17.1. The van der Waals surface area contributed by atoms with Crippen LogP contribution in [0.1, 0.15) is 52.7 Å². The highest BCUT2D eigenvalue weighted by Gasteiger charge is 2.21. The van der Waals surface area contributed by atoms with Gasteiger partial charge in [0.05, 0.1) is 12.2 Å². The van der Waals surface area contributed by atoms with Gasteiger partial charge in [0.2, 0.25) is 0 Å². The van der Waals surface area contributed by atoms with Crippen LogP contribution in [-0.4, -0.2) is 12.6 Å². The van der Waals surface area contributed by atoms with Crippen LogP contribution >= 0.6 is 0 Å². The second-order valence-electron chi connectivity index (χ2n) is 5.49. The maximum Gasteiger partial charge on any atom is 0.338 e. The third-order valence-electron chi connectivity index (χ3n) is 4.19. The Kier molecular flexibility index (Phi) is 4.05. The van der Waals surface area contributed by atoms with E-state index >= 15 is 0 Å². The third-order valence-corrected chi connectivity index (χ3v) is 4.19. The van der Waals surface area contributed by atoms with Crippen LogP contribution in [0.25, 0.3) is 0 Å². The Bertz CT molecular complexity index is 628. The Morgan fingerprint density at radius 2 is 1.90 bits per heavy atom. The van der Waals surface area contributed by atoms with Crippen molar-refractivity contribution in [1.82, 2.24) is 0 Å². The summed E-state index contributed by atoms with van der Waals surface area (Å²) in [4.78, 5) is 11.7. The number of carbonyl (C=O) groups excluding carboxylic acids is 1. The molecule has 0 N–H and O–H groups in total. The number of esters is 1. The van der Waals surface area contributed by atoms with Crippen LogP contribution < -0.4 is 0 Å². The Balaban J connectivity index is 1.87. The molecule has 0 saturated heterocycles. The van der Waals surface area contributed by atoms with Gasteiger partial charge >= 0.3 is 5.97 Å². The first-order valence-electron chi connectivity index (χ1n) is 7.64. The van der Waals surface area contributed by atoms with Gasteiger partial charge in [-0.25, -0.2) is 4.79 Å². The molecule has 0 radical (unpaired) electrons. The van der Waals surface area contributed by atoms with Gasteiger partial charge in [-0.3, -0.25) is 0 Å². The topological polar surface area (TPSA) is 26.3 Å². The molecule has 0 saturated carbocycles. The van der Waals surface area contributed by atoms with E-state index in [-0.39, 0.29) is 5.97 Å². The zero-order chi connectivity index (χ0) is 14.7. The van der Waals surface area contributed by atoms with Gasteiger partial charge in [0.25, 0.3) is 0 Å². The Morgan fingerprint density at radius 3 is 2.67 bits per heavy atom. The molecule has 1 aliphatic carbocycles. The van der Waals surface area contributed by atoms with Gasteiger partial charge in [-0.2, -0.15) is 0 Å². The molecule has 0 bridgehead atoms. The number of benzene rings is 2. The summed E-state index contributed by atoms with van der Waals surface area (Å²) in [6, 6.07) is 16.6. The molecule has 0 aromatic heterocycles. The van der Waals surface area contributed by atoms with E-state index in [0.29, 0.717) is 18.1 Å². The number of carbonyl (C=O) groups is 1. The molecule has 1 unspecified atom stereocenters. The van der Waals surface area contributed by atoms with Gasteiger partial charge in [-0.15, -0.1) is 0 Å². The molecule has 0 heterocycles. The van der Waals surface area contributed by atoms with Crippen LogP contribution in [0.5, 0.6) is 0 Å². The van der Waals surface area contributed by atoms with Crippen molar-refractivity contribution in [2.45, 2.75) is 32.1 Å². The zero-order valence-corrected chi connectivity index (χ0v) is 12.3. The van der Waals surface area contributed by atoms with Gasteiger partial charge < -0.3 is 4.74 Å². The largest absolute Gasteiger partial charge is 0.462 e. The van der Waals surface area contributed by atoms with E-state index in [1.807, 2.05) is 19.1 Å². The molecule has 2 aromatic carbocycles. The summed E-state index contributed by atoms with van der Waals surface area (Å²) >= 11 is 0. The average molecular weight is 280 g/mol. The molecule has 0 spiro atoms. The first-order chi connectivity index (χ1) is 10.3. The summed E-state index contributed by atoms with van der Waals surface area (Å²) in [6.07, 6.45) is 3.57. The second kappa shape index (κ2) is 6.13. The van der Waals surface area contributed by atoms with E-state index in [4.69, 9.17) is 4.74 Å². The van der Waals surface area contributed by atoms with Crippen molar-refractivity contribution >= 4 is 5.97 Å². The Morgan fingerprint density at radius 1 is 1.14 bits per heavy atom. The molecule has 2 heteroatoms. The van der Waals surface area contributed by atoms with E-state index in [1.54, 1.807) is 0 Å². The molecular formula is C19H20O2. The molecule has 0 aliphatic heterocycles. The van der Waals surface area contributed by atoms with E-state index in [2.05, 4.69) is 36.4 Å². The number of hydrogen-bond acceptors (Lipinski definition) is 2. The van der Waals surface area contributed by atoms with E-state index in [9.17, 15) is 4.79 Å². The summed E-state index contributed by atoms with van der Waals surface area (Å²) < 4.78 is 5.03. The lowest BCUT2D eigenvalue weighted by Crippen LogP contribution is -2.11. The molecule has 1 atom stereocenters. The van der Waals surface area contributed by atoms with Crippen molar-refractivity contribution in [2.75, 3.05) is 6.61 Å². The highest BCUT2D eigenvalue weighted by atomic mass is 16.5. The fraction of sp³-hybridized carbons (Fsp3) is 0.316. The highest BCUT2D eigenvalue weighted by molar-refractivity contribution is 5.89. The Labute approximate surface area is 125 Å². The fourth-order valence-electron chi connectivity index (χ4n) is 3.17. The lowest BCUT2D eigenvalue weighted by Gasteiger charge is -2.26. The number of rotatable bonds is 3. The standard InChI is InChI=1S/C19H20O2/c1-2-21-19(20)16-12-10-15(11-13-16)18-9-5-7-14-6-3-4-8-17(14)18/h3-4,6,8,10-13,18H,2,5,7,9H2,1H3. The van der Waals surface area contributed by atoms with E-state index in [0.717, 1.165) is 0 Å². The quantitative estimate of drug-likeness (QED) is 0.782. The van der Waals surface area contributed by atoms with E-state index in [1.165, 1.54) is 36.0 Å². The maximum absolute atomic E-state index is 11.7. The van der Waals surface area contributed by atoms with Gasteiger partial charge in [0.1, 0.15) is 0 Å². The summed E-state index contributed by atoms with van der Waals surface area (Å²) in [5, 5.41) is 0. The van der Waals surface area contributed by atoms with Crippen molar-refractivity contribution in [2.24, 2.45) is 0 Å². The number of hydrogen-bond donors (Lipinski definition) is 0. The van der Waals surface area contributed by atoms with Crippen molar-refractivity contribution in [3.63, 3.8) is 0 Å². The summed E-state index contributed by atoms with van der Waals surface area (Å²) in [7, 11) is 0. The van der Waals surface area contributed by atoms with E-state index < -0.39 is 0 Å². The average Bonchev–Trinajstić information content (AvgIpc) is 2.55. The molecule has 0 fully saturated rings. The van der Waals surface area contributed by atoms with Gasteiger partial charge in [0, 0.05) is 5.92 Å². The van der Waals surface area contributed by atoms with Crippen LogP contribution in [0.4, 0.5) is 0 Å². The molecule has 21 heavy (non-hydrogen) atoms. The smallest absolute Gasteiger partial charge is 0.338 e. The summed E-state index contributed by atoms with van der Waals surface area (Å²) in [6.45, 7) is 2.24. The minimum absolute atomic E-state index is 0.243. The minimum atomic E-state index is -0.243.